The average molecular weight is 335 g/mol. The molecule has 120 valence electrons. The first-order chi connectivity index (χ1) is 10.9. The van der Waals surface area contributed by atoms with Gasteiger partial charge in [0.25, 0.3) is 0 Å². The minimum absolute atomic E-state index is 0.143. The normalized spacial score (nSPS) is 11.8. The molecule has 0 unspecified atom stereocenters. The number of amides is 1. The summed E-state index contributed by atoms with van der Waals surface area (Å²) in [5.74, 6) is -1.42. The van der Waals surface area contributed by atoms with E-state index in [2.05, 4.69) is 0 Å². The zero-order valence-corrected chi connectivity index (χ0v) is 12.5. The highest BCUT2D eigenvalue weighted by molar-refractivity contribution is 7.94. The van der Waals surface area contributed by atoms with E-state index in [1.807, 2.05) is 6.07 Å². The van der Waals surface area contributed by atoms with Crippen LogP contribution in [0.3, 0.4) is 0 Å². The smallest absolute Gasteiger partial charge is 0.310 e. The number of hydrogen-bond donors (Lipinski definition) is 3. The van der Waals surface area contributed by atoms with Gasteiger partial charge in [-0.15, -0.1) is 0 Å². The van der Waals surface area contributed by atoms with Gasteiger partial charge in [0, 0.05) is 0 Å². The Morgan fingerprint density at radius 2 is 1.57 bits per heavy atom. The van der Waals surface area contributed by atoms with Crippen LogP contribution in [0.5, 0.6) is 11.5 Å². The van der Waals surface area contributed by atoms with E-state index in [9.17, 15) is 18.3 Å². The lowest BCUT2D eigenvalue weighted by atomic mass is 10.3. The summed E-state index contributed by atoms with van der Waals surface area (Å²) < 4.78 is 29.5. The number of nitrogens with one attached hydrogen (secondary N) is 1. The highest BCUT2D eigenvalue weighted by atomic mass is 32.2. The fraction of sp³-hybridized carbons (Fsp3) is 0. The Balaban J connectivity index is 2.20. The van der Waals surface area contributed by atoms with Crippen molar-refractivity contribution in [3.63, 3.8) is 0 Å². The van der Waals surface area contributed by atoms with E-state index >= 15 is 0 Å². The summed E-state index contributed by atoms with van der Waals surface area (Å²) in [5.41, 5.74) is 1.13. The zero-order valence-electron chi connectivity index (χ0n) is 11.7. The number of benzene rings is 2. The van der Waals surface area contributed by atoms with Crippen molar-refractivity contribution in [2.24, 2.45) is 0 Å². The molecule has 2 rings (SSSR count). The van der Waals surface area contributed by atoms with Crippen molar-refractivity contribution in [2.45, 2.75) is 4.90 Å². The van der Waals surface area contributed by atoms with E-state index in [0.717, 1.165) is 5.48 Å². The molecule has 23 heavy (non-hydrogen) atoms. The Morgan fingerprint density at radius 1 is 1.00 bits per heavy atom. The van der Waals surface area contributed by atoms with Crippen molar-refractivity contribution in [3.05, 3.63) is 65.8 Å². The minimum atomic E-state index is -4.04. The van der Waals surface area contributed by atoms with Crippen LogP contribution in [-0.4, -0.2) is 24.6 Å². The molecule has 0 bridgehead atoms. The Morgan fingerprint density at radius 3 is 2.13 bits per heavy atom. The van der Waals surface area contributed by atoms with Crippen LogP contribution in [0.15, 0.2) is 70.7 Å². The number of hydrogen-bond acceptors (Lipinski definition) is 6. The average Bonchev–Trinajstić information content (AvgIpc) is 2.55. The third-order valence-corrected chi connectivity index (χ3v) is 4.19. The first kappa shape index (κ1) is 16.5. The van der Waals surface area contributed by atoms with Gasteiger partial charge >= 0.3 is 5.91 Å². The maximum Gasteiger partial charge on any atom is 0.310 e. The van der Waals surface area contributed by atoms with Gasteiger partial charge in [0.05, 0.1) is 10.3 Å². The second kappa shape index (κ2) is 6.95. The van der Waals surface area contributed by atoms with Crippen molar-refractivity contribution in [1.29, 1.82) is 0 Å². The number of aliphatic hydroxyl groups is 1. The molecule has 0 saturated carbocycles. The molecule has 0 saturated heterocycles. The van der Waals surface area contributed by atoms with E-state index < -0.39 is 21.5 Å². The van der Waals surface area contributed by atoms with Gasteiger partial charge in [0.15, 0.2) is 5.76 Å². The van der Waals surface area contributed by atoms with Gasteiger partial charge in [-0.25, -0.2) is 13.9 Å². The Hall–Kier alpha value is -2.84. The minimum Gasteiger partial charge on any atom is -0.502 e. The lowest BCUT2D eigenvalue weighted by Gasteiger charge is -2.06. The standard InChI is InChI=1S/C15H13NO6S/c17-14(15(18)16-19)10-23(20,21)13-8-6-12(7-9-13)22-11-4-2-1-3-5-11/h1-10,17,19H,(H,16,18). The number of ether oxygens (including phenoxy) is 1. The van der Waals surface area contributed by atoms with E-state index in [0.29, 0.717) is 16.9 Å². The summed E-state index contributed by atoms with van der Waals surface area (Å²) >= 11 is 0. The van der Waals surface area contributed by atoms with Gasteiger partial charge in [0.2, 0.25) is 9.84 Å². The number of para-hydroxylation sites is 1. The molecule has 0 heterocycles. The number of carbonyl (C=O) groups excluding carboxylic acids is 1. The molecule has 0 aromatic heterocycles. The Kier molecular flexibility index (Phi) is 4.99. The number of sulfone groups is 1. The summed E-state index contributed by atoms with van der Waals surface area (Å²) in [7, 11) is -4.04. The van der Waals surface area contributed by atoms with Gasteiger partial charge in [-0.1, -0.05) is 18.2 Å². The molecule has 0 aliphatic rings. The Labute approximate surface area is 132 Å². The monoisotopic (exact) mass is 335 g/mol. The van der Waals surface area contributed by atoms with Crippen molar-refractivity contribution in [1.82, 2.24) is 5.48 Å². The lowest BCUT2D eigenvalue weighted by Crippen LogP contribution is -2.21. The van der Waals surface area contributed by atoms with Crippen LogP contribution < -0.4 is 10.2 Å². The van der Waals surface area contributed by atoms with E-state index in [1.165, 1.54) is 24.3 Å². The third-order valence-electron chi connectivity index (χ3n) is 2.73. The Bertz CT molecular complexity index is 813. The third kappa shape index (κ3) is 4.31. The maximum atomic E-state index is 12.0. The fourth-order valence-electron chi connectivity index (χ4n) is 1.65. The molecule has 2 aromatic rings. The van der Waals surface area contributed by atoms with Crippen molar-refractivity contribution < 1.29 is 28.3 Å². The zero-order chi connectivity index (χ0) is 16.9. The fourth-order valence-corrected chi connectivity index (χ4v) is 2.70. The predicted octanol–water partition coefficient (Wildman–Crippen LogP) is 2.16. The molecule has 0 aliphatic carbocycles. The van der Waals surface area contributed by atoms with Crippen LogP contribution in [0.25, 0.3) is 0 Å². The van der Waals surface area contributed by atoms with Gasteiger partial charge < -0.3 is 9.84 Å². The van der Waals surface area contributed by atoms with Gasteiger partial charge in [-0.3, -0.25) is 10.0 Å². The van der Waals surface area contributed by atoms with Crippen LogP contribution in [-0.2, 0) is 14.6 Å². The molecule has 3 N–H and O–H groups in total. The molecule has 8 heteroatoms. The number of rotatable bonds is 5. The van der Waals surface area contributed by atoms with E-state index in [-0.39, 0.29) is 4.90 Å². The van der Waals surface area contributed by atoms with Crippen LogP contribution in [0.4, 0.5) is 0 Å². The highest BCUT2D eigenvalue weighted by Crippen LogP contribution is 2.23. The van der Waals surface area contributed by atoms with Gasteiger partial charge in [-0.05, 0) is 36.4 Å². The molecule has 2 aromatic carbocycles. The van der Waals surface area contributed by atoms with Crippen LogP contribution in [0.2, 0.25) is 0 Å². The summed E-state index contributed by atoms with van der Waals surface area (Å²) in [5, 5.41) is 17.9. The van der Waals surface area contributed by atoms with Crippen molar-refractivity contribution in [2.75, 3.05) is 0 Å². The second-order valence-corrected chi connectivity index (χ2v) is 6.17. The SMILES string of the molecule is O=C(NO)C(O)=CS(=O)(=O)c1ccc(Oc2ccccc2)cc1. The molecule has 1 amide bonds. The highest BCUT2D eigenvalue weighted by Gasteiger charge is 2.16. The van der Waals surface area contributed by atoms with Crippen LogP contribution in [0.1, 0.15) is 0 Å². The molecular weight excluding hydrogens is 322 g/mol. The first-order valence-electron chi connectivity index (χ1n) is 6.35. The van der Waals surface area contributed by atoms with Crippen LogP contribution in [0, 0.1) is 0 Å². The lowest BCUT2D eigenvalue weighted by molar-refractivity contribution is -0.127. The maximum absolute atomic E-state index is 12.0. The second-order valence-electron chi connectivity index (χ2n) is 4.38. The largest absolute Gasteiger partial charge is 0.502 e. The molecule has 0 spiro atoms. The summed E-state index contributed by atoms with van der Waals surface area (Å²) in [4.78, 5) is 10.8. The molecule has 0 atom stereocenters. The summed E-state index contributed by atoms with van der Waals surface area (Å²) in [6.45, 7) is 0. The van der Waals surface area contributed by atoms with Crippen LogP contribution >= 0.6 is 0 Å². The van der Waals surface area contributed by atoms with Gasteiger partial charge in [0.1, 0.15) is 11.5 Å². The van der Waals surface area contributed by atoms with Gasteiger partial charge in [-0.2, -0.15) is 0 Å². The molecule has 0 radical (unpaired) electrons. The molecule has 7 nitrogen and oxygen atoms in total. The summed E-state index contributed by atoms with van der Waals surface area (Å²) in [6.07, 6.45) is 0. The number of hydroxylamine groups is 1. The van der Waals surface area contributed by atoms with E-state index in [4.69, 9.17) is 9.94 Å². The summed E-state index contributed by atoms with van der Waals surface area (Å²) in [6, 6.07) is 14.4. The number of carbonyl (C=O) groups is 1. The predicted molar refractivity (Wildman–Crippen MR) is 80.8 cm³/mol. The molecule has 0 aliphatic heterocycles. The number of aliphatic hydroxyl groups excluding tert-OH is 1. The quantitative estimate of drug-likeness (QED) is 0.334. The topological polar surface area (TPSA) is 113 Å². The van der Waals surface area contributed by atoms with E-state index in [1.54, 1.807) is 24.3 Å². The molecular formula is C15H13NO6S. The van der Waals surface area contributed by atoms with Crippen molar-refractivity contribution in [3.8, 4) is 11.5 Å². The van der Waals surface area contributed by atoms with Crippen molar-refractivity contribution >= 4 is 15.7 Å². The molecule has 0 fully saturated rings. The first-order valence-corrected chi connectivity index (χ1v) is 7.90.